The van der Waals surface area contributed by atoms with E-state index in [-0.39, 0.29) is 0 Å². The number of halogens is 3. The van der Waals surface area contributed by atoms with Crippen LogP contribution < -0.4 is 0 Å². The average Bonchev–Trinajstić information content (AvgIpc) is 2.69. The predicted octanol–water partition coefficient (Wildman–Crippen LogP) is 7.16. The lowest BCUT2D eigenvalue weighted by molar-refractivity contribution is 1.07. The van der Waals surface area contributed by atoms with Crippen LogP contribution in [0.3, 0.4) is 0 Å². The molecule has 0 saturated carbocycles. The second-order valence-corrected chi connectivity index (χ2v) is 8.31. The van der Waals surface area contributed by atoms with Crippen molar-refractivity contribution >= 4 is 47.8 Å². The van der Waals surface area contributed by atoms with Crippen molar-refractivity contribution in [3.05, 3.63) is 86.2 Å². The molecule has 0 radical (unpaired) electrons. The van der Waals surface area contributed by atoms with Crippen molar-refractivity contribution in [3.8, 4) is 34.2 Å². The molecule has 0 aliphatic carbocycles. The van der Waals surface area contributed by atoms with Gasteiger partial charge >= 0.3 is 0 Å². The van der Waals surface area contributed by atoms with Crippen molar-refractivity contribution in [2.75, 3.05) is 0 Å². The van der Waals surface area contributed by atoms with Crippen LogP contribution in [0.5, 0.6) is 0 Å². The number of benzene rings is 3. The highest BCUT2D eigenvalue weighted by Crippen LogP contribution is 2.33. The summed E-state index contributed by atoms with van der Waals surface area (Å²) >= 11 is 10.8. The average molecular weight is 546 g/mol. The van der Waals surface area contributed by atoms with E-state index in [0.29, 0.717) is 17.5 Å². The van der Waals surface area contributed by atoms with Crippen LogP contribution in [0.15, 0.2) is 86.2 Å². The Kier molecular flexibility index (Phi) is 5.48. The van der Waals surface area contributed by atoms with Crippen molar-refractivity contribution in [2.45, 2.75) is 0 Å². The Hall–Kier alpha value is -1.89. The first-order valence-corrected chi connectivity index (χ1v) is 10.5. The SMILES string of the molecule is Brc1ccccc1-c1nc(-c2ccccc2Br)nc(-c2ccccc2Br)n1. The summed E-state index contributed by atoms with van der Waals surface area (Å²) in [6.45, 7) is 0. The quantitative estimate of drug-likeness (QED) is 0.274. The molecule has 1 aromatic heterocycles. The molecule has 0 aliphatic rings. The summed E-state index contributed by atoms with van der Waals surface area (Å²) in [6.07, 6.45) is 0. The van der Waals surface area contributed by atoms with Gasteiger partial charge in [0.15, 0.2) is 17.5 Å². The highest BCUT2D eigenvalue weighted by atomic mass is 79.9. The first kappa shape index (κ1) is 18.5. The van der Waals surface area contributed by atoms with Crippen LogP contribution in [0.25, 0.3) is 34.2 Å². The molecule has 0 bridgehead atoms. The zero-order chi connectivity index (χ0) is 18.8. The fourth-order valence-electron chi connectivity index (χ4n) is 2.66. The lowest BCUT2D eigenvalue weighted by Crippen LogP contribution is -2.01. The molecule has 0 saturated heterocycles. The van der Waals surface area contributed by atoms with Crippen LogP contribution in [0.2, 0.25) is 0 Å². The second kappa shape index (κ2) is 8.00. The number of aromatic nitrogens is 3. The molecular weight excluding hydrogens is 534 g/mol. The number of hydrogen-bond donors (Lipinski definition) is 0. The summed E-state index contributed by atoms with van der Waals surface area (Å²) in [5, 5.41) is 0. The Labute approximate surface area is 182 Å². The van der Waals surface area contributed by atoms with Crippen molar-refractivity contribution in [1.29, 1.82) is 0 Å². The monoisotopic (exact) mass is 543 g/mol. The smallest absolute Gasteiger partial charge is 0.165 e. The minimum Gasteiger partial charge on any atom is -0.208 e. The Bertz CT molecular complexity index is 975. The van der Waals surface area contributed by atoms with Gasteiger partial charge in [0.2, 0.25) is 0 Å². The van der Waals surface area contributed by atoms with Gasteiger partial charge in [0, 0.05) is 30.1 Å². The van der Waals surface area contributed by atoms with Crippen LogP contribution in [-0.2, 0) is 0 Å². The van der Waals surface area contributed by atoms with E-state index in [0.717, 1.165) is 30.1 Å². The van der Waals surface area contributed by atoms with E-state index in [1.54, 1.807) is 0 Å². The van der Waals surface area contributed by atoms with E-state index in [1.807, 2.05) is 72.8 Å². The lowest BCUT2D eigenvalue weighted by Gasteiger charge is -2.11. The molecule has 3 aromatic carbocycles. The molecule has 3 nitrogen and oxygen atoms in total. The molecule has 4 aromatic rings. The number of nitrogens with zero attached hydrogens (tertiary/aromatic N) is 3. The third kappa shape index (κ3) is 3.88. The Balaban J connectivity index is 1.99. The Morgan fingerprint density at radius 3 is 0.926 bits per heavy atom. The molecule has 132 valence electrons. The van der Waals surface area contributed by atoms with Crippen LogP contribution in [-0.4, -0.2) is 15.0 Å². The van der Waals surface area contributed by atoms with Crippen LogP contribution in [0, 0.1) is 0 Å². The molecule has 0 aliphatic heterocycles. The highest BCUT2D eigenvalue weighted by Gasteiger charge is 2.16. The molecular formula is C21H12Br3N3. The van der Waals surface area contributed by atoms with Crippen molar-refractivity contribution in [3.63, 3.8) is 0 Å². The maximum atomic E-state index is 4.75. The van der Waals surface area contributed by atoms with Crippen LogP contribution in [0.1, 0.15) is 0 Å². The van der Waals surface area contributed by atoms with Gasteiger partial charge in [-0.1, -0.05) is 102 Å². The fourth-order valence-corrected chi connectivity index (χ4v) is 4.05. The van der Waals surface area contributed by atoms with Gasteiger partial charge in [-0.05, 0) is 18.2 Å². The first-order chi connectivity index (χ1) is 13.1. The molecule has 0 atom stereocenters. The minimum absolute atomic E-state index is 0.619. The lowest BCUT2D eigenvalue weighted by atomic mass is 10.1. The van der Waals surface area contributed by atoms with Gasteiger partial charge in [0.25, 0.3) is 0 Å². The van der Waals surface area contributed by atoms with Gasteiger partial charge in [0.05, 0.1) is 0 Å². The van der Waals surface area contributed by atoms with Gasteiger partial charge in [-0.2, -0.15) is 0 Å². The molecule has 0 fully saturated rings. The molecule has 0 unspecified atom stereocenters. The largest absolute Gasteiger partial charge is 0.208 e. The summed E-state index contributed by atoms with van der Waals surface area (Å²) in [5.41, 5.74) is 2.75. The fraction of sp³-hybridized carbons (Fsp3) is 0. The third-order valence-corrected chi connectivity index (χ3v) is 6.05. The molecule has 0 N–H and O–H groups in total. The summed E-state index contributed by atoms with van der Waals surface area (Å²) in [7, 11) is 0. The van der Waals surface area contributed by atoms with E-state index in [4.69, 9.17) is 15.0 Å². The van der Waals surface area contributed by atoms with E-state index >= 15 is 0 Å². The van der Waals surface area contributed by atoms with Gasteiger partial charge in [-0.25, -0.2) is 15.0 Å². The Morgan fingerprint density at radius 2 is 0.667 bits per heavy atom. The zero-order valence-corrected chi connectivity index (χ0v) is 18.7. The van der Waals surface area contributed by atoms with E-state index < -0.39 is 0 Å². The summed E-state index contributed by atoms with van der Waals surface area (Å²) in [6, 6.07) is 23.8. The molecule has 4 rings (SSSR count). The van der Waals surface area contributed by atoms with E-state index in [2.05, 4.69) is 47.8 Å². The van der Waals surface area contributed by atoms with Gasteiger partial charge in [-0.15, -0.1) is 0 Å². The molecule has 27 heavy (non-hydrogen) atoms. The van der Waals surface area contributed by atoms with Gasteiger partial charge in [-0.3, -0.25) is 0 Å². The minimum atomic E-state index is 0.619. The number of hydrogen-bond acceptors (Lipinski definition) is 3. The molecule has 1 heterocycles. The maximum absolute atomic E-state index is 4.75. The maximum Gasteiger partial charge on any atom is 0.165 e. The molecule has 6 heteroatoms. The van der Waals surface area contributed by atoms with Crippen molar-refractivity contribution in [1.82, 2.24) is 15.0 Å². The van der Waals surface area contributed by atoms with Crippen LogP contribution in [0.4, 0.5) is 0 Å². The van der Waals surface area contributed by atoms with Gasteiger partial charge in [0.1, 0.15) is 0 Å². The topological polar surface area (TPSA) is 38.7 Å². The molecule has 0 amide bonds. The van der Waals surface area contributed by atoms with Crippen molar-refractivity contribution < 1.29 is 0 Å². The van der Waals surface area contributed by atoms with E-state index in [1.165, 1.54) is 0 Å². The van der Waals surface area contributed by atoms with Gasteiger partial charge < -0.3 is 0 Å². The summed E-state index contributed by atoms with van der Waals surface area (Å²) in [5.74, 6) is 1.86. The molecule has 0 spiro atoms. The number of rotatable bonds is 3. The zero-order valence-electron chi connectivity index (χ0n) is 13.9. The third-order valence-electron chi connectivity index (χ3n) is 3.98. The summed E-state index contributed by atoms with van der Waals surface area (Å²) in [4.78, 5) is 14.3. The highest BCUT2D eigenvalue weighted by molar-refractivity contribution is 9.11. The van der Waals surface area contributed by atoms with Crippen LogP contribution >= 0.6 is 47.8 Å². The summed E-state index contributed by atoms with van der Waals surface area (Å²) < 4.78 is 2.81. The Morgan fingerprint density at radius 1 is 0.407 bits per heavy atom. The second-order valence-electron chi connectivity index (χ2n) is 5.75. The van der Waals surface area contributed by atoms with E-state index in [9.17, 15) is 0 Å². The van der Waals surface area contributed by atoms with Crippen molar-refractivity contribution in [2.24, 2.45) is 0 Å². The standard InChI is InChI=1S/C21H12Br3N3/c22-16-10-4-1-7-13(16)19-25-20(14-8-2-5-11-17(14)23)27-21(26-19)15-9-3-6-12-18(15)24/h1-12H. The predicted molar refractivity (Wildman–Crippen MR) is 119 cm³/mol. The normalized spacial score (nSPS) is 10.8. The first-order valence-electron chi connectivity index (χ1n) is 8.14.